The Kier molecular flexibility index (Phi) is 2.88. The van der Waals surface area contributed by atoms with E-state index in [1.54, 1.807) is 18.2 Å². The van der Waals surface area contributed by atoms with Crippen molar-refractivity contribution >= 4 is 0 Å². The van der Waals surface area contributed by atoms with Gasteiger partial charge in [-0.3, -0.25) is 4.90 Å². The third-order valence-electron chi connectivity index (χ3n) is 4.29. The number of aliphatic hydroxyl groups is 1. The molecule has 0 aliphatic carbocycles. The Labute approximate surface area is 106 Å². The summed E-state index contributed by atoms with van der Waals surface area (Å²) >= 11 is 0. The second-order valence-corrected chi connectivity index (χ2v) is 5.43. The average Bonchev–Trinajstić information content (AvgIpc) is 2.32. The third-order valence-corrected chi connectivity index (χ3v) is 4.29. The highest BCUT2D eigenvalue weighted by atomic mass is 19.1. The minimum atomic E-state index is -1.06. The zero-order valence-electron chi connectivity index (χ0n) is 10.5. The molecule has 2 atom stereocenters. The summed E-state index contributed by atoms with van der Waals surface area (Å²) in [5, 5.41) is 10.8. The van der Waals surface area contributed by atoms with Gasteiger partial charge >= 0.3 is 0 Å². The molecule has 18 heavy (non-hydrogen) atoms. The van der Waals surface area contributed by atoms with Crippen molar-refractivity contribution in [2.45, 2.75) is 30.5 Å². The quantitative estimate of drug-likeness (QED) is 0.821. The first-order chi connectivity index (χ1) is 8.60. The van der Waals surface area contributed by atoms with E-state index in [4.69, 9.17) is 4.74 Å². The Morgan fingerprint density at radius 3 is 2.50 bits per heavy atom. The molecular weight excluding hydrogens is 233 g/mol. The lowest BCUT2D eigenvalue weighted by Gasteiger charge is -2.50. The highest BCUT2D eigenvalue weighted by Crippen LogP contribution is 2.40. The lowest BCUT2D eigenvalue weighted by Crippen LogP contribution is -2.59. The first kappa shape index (κ1) is 12.1. The number of hydrogen-bond donors (Lipinski definition) is 1. The van der Waals surface area contributed by atoms with Crippen LogP contribution in [-0.4, -0.2) is 42.4 Å². The summed E-state index contributed by atoms with van der Waals surface area (Å²) in [6, 6.07) is 6.88. The minimum absolute atomic E-state index is 0.169. The maximum absolute atomic E-state index is 13.9. The van der Waals surface area contributed by atoms with Crippen molar-refractivity contribution < 1.29 is 14.2 Å². The molecule has 2 aliphatic heterocycles. The molecule has 0 saturated carbocycles. The molecule has 4 heteroatoms. The normalized spacial score (nSPS) is 36.6. The number of halogens is 1. The van der Waals surface area contributed by atoms with Gasteiger partial charge in [0.15, 0.2) is 0 Å². The monoisotopic (exact) mass is 251 g/mol. The van der Waals surface area contributed by atoms with Crippen LogP contribution in [0.5, 0.6) is 0 Å². The summed E-state index contributed by atoms with van der Waals surface area (Å²) in [4.78, 5) is 2.25. The van der Waals surface area contributed by atoms with Crippen LogP contribution in [0.2, 0.25) is 0 Å². The number of benzene rings is 1. The molecular formula is C14H18FNO2. The predicted octanol–water partition coefficient (Wildman–Crippen LogP) is 1.51. The van der Waals surface area contributed by atoms with E-state index in [0.29, 0.717) is 31.6 Å². The molecule has 0 aromatic heterocycles. The Morgan fingerprint density at radius 1 is 1.28 bits per heavy atom. The molecule has 0 amide bonds. The van der Waals surface area contributed by atoms with Crippen molar-refractivity contribution in [3.05, 3.63) is 35.6 Å². The molecule has 0 radical (unpaired) electrons. The number of piperidine rings is 1. The number of ether oxygens (including phenoxy) is 1. The summed E-state index contributed by atoms with van der Waals surface area (Å²) in [5.74, 6) is -0.316. The van der Waals surface area contributed by atoms with E-state index in [-0.39, 0.29) is 17.9 Å². The minimum Gasteiger partial charge on any atom is -0.385 e. The van der Waals surface area contributed by atoms with Crippen LogP contribution in [-0.2, 0) is 10.3 Å². The van der Waals surface area contributed by atoms with Crippen molar-refractivity contribution in [2.24, 2.45) is 0 Å². The maximum atomic E-state index is 13.9. The van der Waals surface area contributed by atoms with Gasteiger partial charge in [-0.05, 0) is 26.0 Å². The van der Waals surface area contributed by atoms with E-state index in [9.17, 15) is 9.50 Å². The molecule has 1 aromatic carbocycles. The van der Waals surface area contributed by atoms with Crippen molar-refractivity contribution in [2.75, 3.05) is 20.3 Å². The number of fused-ring (bicyclic) bond motifs is 2. The van der Waals surface area contributed by atoms with E-state index in [1.807, 2.05) is 0 Å². The molecule has 2 unspecified atom stereocenters. The van der Waals surface area contributed by atoms with Crippen molar-refractivity contribution in [3.63, 3.8) is 0 Å². The summed E-state index contributed by atoms with van der Waals surface area (Å²) in [5.41, 5.74) is -0.633. The molecule has 2 fully saturated rings. The number of likely N-dealkylation sites (N-methyl/N-ethyl adjacent to an activating group) is 1. The smallest absolute Gasteiger partial charge is 0.129 e. The molecule has 1 N–H and O–H groups in total. The molecule has 3 nitrogen and oxygen atoms in total. The summed E-state index contributed by atoms with van der Waals surface area (Å²) in [7, 11) is 2.05. The average molecular weight is 251 g/mol. The Morgan fingerprint density at radius 2 is 1.89 bits per heavy atom. The van der Waals surface area contributed by atoms with Crippen LogP contribution >= 0.6 is 0 Å². The second kappa shape index (κ2) is 4.30. The van der Waals surface area contributed by atoms with Crippen LogP contribution in [0.3, 0.4) is 0 Å². The van der Waals surface area contributed by atoms with Crippen molar-refractivity contribution in [3.8, 4) is 0 Å². The van der Waals surface area contributed by atoms with E-state index < -0.39 is 5.60 Å². The van der Waals surface area contributed by atoms with E-state index in [1.165, 1.54) is 6.07 Å². The van der Waals surface area contributed by atoms with Gasteiger partial charge in [-0.1, -0.05) is 18.2 Å². The molecule has 2 heterocycles. The third kappa shape index (κ3) is 1.85. The SMILES string of the molecule is CN1C2COCC1CC(O)(c1ccccc1F)C2. The van der Waals surface area contributed by atoms with Crippen LogP contribution in [0.1, 0.15) is 18.4 Å². The fraction of sp³-hybridized carbons (Fsp3) is 0.571. The predicted molar refractivity (Wildman–Crippen MR) is 65.7 cm³/mol. The van der Waals surface area contributed by atoms with Gasteiger partial charge in [0.25, 0.3) is 0 Å². The number of hydrogen-bond acceptors (Lipinski definition) is 3. The Hall–Kier alpha value is -0.970. The molecule has 98 valence electrons. The van der Waals surface area contributed by atoms with Crippen LogP contribution in [0.4, 0.5) is 4.39 Å². The Balaban J connectivity index is 1.94. The number of morpholine rings is 1. The van der Waals surface area contributed by atoms with Gasteiger partial charge in [0, 0.05) is 17.6 Å². The number of nitrogens with zero attached hydrogens (tertiary/aromatic N) is 1. The zero-order chi connectivity index (χ0) is 12.8. The molecule has 2 aliphatic rings. The second-order valence-electron chi connectivity index (χ2n) is 5.43. The van der Waals surface area contributed by atoms with E-state index in [0.717, 1.165) is 0 Å². The maximum Gasteiger partial charge on any atom is 0.129 e. The molecule has 2 bridgehead atoms. The fourth-order valence-electron chi connectivity index (χ4n) is 3.20. The van der Waals surface area contributed by atoms with Gasteiger partial charge in [-0.2, -0.15) is 0 Å². The standard InChI is InChI=1S/C14H18FNO2/c1-16-10-6-14(17,7-11(16)9-18-8-10)12-4-2-3-5-13(12)15/h2-5,10-11,17H,6-9H2,1H3. The van der Waals surface area contributed by atoms with E-state index >= 15 is 0 Å². The van der Waals surface area contributed by atoms with Crippen LogP contribution in [0.15, 0.2) is 24.3 Å². The van der Waals surface area contributed by atoms with Crippen molar-refractivity contribution in [1.82, 2.24) is 4.90 Å². The summed E-state index contributed by atoms with van der Waals surface area (Å²) < 4.78 is 19.4. The molecule has 0 spiro atoms. The van der Waals surface area contributed by atoms with Gasteiger partial charge in [0.2, 0.25) is 0 Å². The first-order valence-corrected chi connectivity index (χ1v) is 6.37. The zero-order valence-corrected chi connectivity index (χ0v) is 10.5. The van der Waals surface area contributed by atoms with Gasteiger partial charge in [0.1, 0.15) is 5.82 Å². The van der Waals surface area contributed by atoms with Gasteiger partial charge in [0.05, 0.1) is 18.8 Å². The fourth-order valence-corrected chi connectivity index (χ4v) is 3.20. The summed E-state index contributed by atoms with van der Waals surface area (Å²) in [6.45, 7) is 1.23. The highest BCUT2D eigenvalue weighted by Gasteiger charge is 2.46. The highest BCUT2D eigenvalue weighted by molar-refractivity contribution is 5.26. The lowest BCUT2D eigenvalue weighted by molar-refractivity contribution is -0.138. The van der Waals surface area contributed by atoms with E-state index in [2.05, 4.69) is 11.9 Å². The lowest BCUT2D eigenvalue weighted by atomic mass is 9.77. The first-order valence-electron chi connectivity index (χ1n) is 6.37. The van der Waals surface area contributed by atoms with Crippen molar-refractivity contribution in [1.29, 1.82) is 0 Å². The van der Waals surface area contributed by atoms with Crippen LogP contribution < -0.4 is 0 Å². The topological polar surface area (TPSA) is 32.7 Å². The summed E-state index contributed by atoms with van der Waals surface area (Å²) in [6.07, 6.45) is 1.06. The van der Waals surface area contributed by atoms with Gasteiger partial charge < -0.3 is 9.84 Å². The molecule has 1 aromatic rings. The molecule has 2 saturated heterocycles. The Bertz CT molecular complexity index is 437. The van der Waals surface area contributed by atoms with Gasteiger partial charge in [-0.25, -0.2) is 4.39 Å². The van der Waals surface area contributed by atoms with Gasteiger partial charge in [-0.15, -0.1) is 0 Å². The molecule has 3 rings (SSSR count). The number of rotatable bonds is 1. The van der Waals surface area contributed by atoms with Crippen LogP contribution in [0, 0.1) is 5.82 Å². The van der Waals surface area contributed by atoms with Crippen LogP contribution in [0.25, 0.3) is 0 Å². The largest absolute Gasteiger partial charge is 0.385 e.